The summed E-state index contributed by atoms with van der Waals surface area (Å²) in [6.45, 7) is 2.18. The minimum atomic E-state index is -8.90. The fourth-order valence-electron chi connectivity index (χ4n) is 1.59. The van der Waals surface area contributed by atoms with E-state index in [1.807, 2.05) is 0 Å². The molecule has 0 amide bonds. The quantitative estimate of drug-likeness (QED) is 0.261. The predicted molar refractivity (Wildman–Crippen MR) is 57.0 cm³/mol. The molecule has 0 fully saturated rings. The van der Waals surface area contributed by atoms with Gasteiger partial charge in [0, 0.05) is 6.08 Å². The van der Waals surface area contributed by atoms with Crippen molar-refractivity contribution in [3.63, 3.8) is 0 Å². The number of carbonyl (C=O) groups excluding carboxylic acids is 1. The van der Waals surface area contributed by atoms with E-state index >= 15 is 0 Å². The number of ether oxygens (including phenoxy) is 1. The van der Waals surface area contributed by atoms with E-state index in [2.05, 4.69) is 11.3 Å². The normalized spacial score (nSPS) is 17.4. The van der Waals surface area contributed by atoms with Gasteiger partial charge in [0.15, 0.2) is 0 Å². The van der Waals surface area contributed by atoms with Crippen LogP contribution in [0.1, 0.15) is 0 Å². The molecule has 0 heterocycles. The lowest BCUT2D eigenvalue weighted by atomic mass is 9.82. The second-order valence-electron chi connectivity index (χ2n) is 5.09. The molecule has 0 aliphatic heterocycles. The highest BCUT2D eigenvalue weighted by Gasteiger charge is 2.99. The van der Waals surface area contributed by atoms with E-state index in [-0.39, 0.29) is 0 Å². The van der Waals surface area contributed by atoms with Crippen LogP contribution in [0.3, 0.4) is 0 Å². The molecule has 0 aliphatic carbocycles. The molecule has 0 saturated carbocycles. The van der Waals surface area contributed by atoms with Gasteiger partial charge in [-0.05, 0) is 0 Å². The summed E-state index contributed by atoms with van der Waals surface area (Å²) in [6, 6.07) is 0. The Morgan fingerprint density at radius 1 is 0.567 bits per heavy atom. The Morgan fingerprint density at radius 2 is 0.900 bits per heavy atom. The SMILES string of the molecule is C=CC(=O)OC(F)(F)C(F)(C(F)(F)C(F)(F)F)C(F)(F)C(F)(F)C(F)(F)C(F)(F)F. The Balaban J connectivity index is 7.35. The van der Waals surface area contributed by atoms with E-state index in [1.54, 1.807) is 0 Å². The van der Waals surface area contributed by atoms with Crippen LogP contribution in [0.5, 0.6) is 0 Å². The van der Waals surface area contributed by atoms with Crippen LogP contribution in [-0.2, 0) is 9.53 Å². The Morgan fingerprint density at radius 3 is 1.17 bits per heavy atom. The summed E-state index contributed by atoms with van der Waals surface area (Å²) in [7, 11) is 0. The monoisotopic (exact) mass is 490 g/mol. The molecule has 1 unspecified atom stereocenters. The van der Waals surface area contributed by atoms with Gasteiger partial charge in [0.25, 0.3) is 0 Å². The van der Waals surface area contributed by atoms with Gasteiger partial charge in [-0.3, -0.25) is 0 Å². The number of alkyl halides is 17. The van der Waals surface area contributed by atoms with E-state index < -0.39 is 59.9 Å². The molecule has 0 aliphatic rings. The van der Waals surface area contributed by atoms with Crippen molar-refractivity contribution in [3.8, 4) is 0 Å². The Kier molecular flexibility index (Phi) is 6.56. The summed E-state index contributed by atoms with van der Waals surface area (Å²) in [5, 5.41) is 0. The van der Waals surface area contributed by atoms with E-state index in [0.29, 0.717) is 0 Å². The van der Waals surface area contributed by atoms with Crippen molar-refractivity contribution in [1.82, 2.24) is 0 Å². The van der Waals surface area contributed by atoms with Crippen LogP contribution in [0.25, 0.3) is 0 Å². The molecule has 0 aromatic rings. The molecular weight excluding hydrogens is 487 g/mol. The predicted octanol–water partition coefficient (Wildman–Crippen LogP) is 5.68. The maximum Gasteiger partial charge on any atom is 0.460 e. The number of hydrogen-bond acceptors (Lipinski definition) is 2. The van der Waals surface area contributed by atoms with Crippen LogP contribution in [0.15, 0.2) is 12.7 Å². The van der Waals surface area contributed by atoms with Crippen LogP contribution in [0, 0.1) is 0 Å². The van der Waals surface area contributed by atoms with Crippen LogP contribution < -0.4 is 0 Å². The van der Waals surface area contributed by atoms with Gasteiger partial charge < -0.3 is 4.74 Å². The van der Waals surface area contributed by atoms with Crippen molar-refractivity contribution < 1.29 is 84.2 Å². The van der Waals surface area contributed by atoms with E-state index in [0.717, 1.165) is 0 Å². The number of hydrogen-bond donors (Lipinski definition) is 0. The largest absolute Gasteiger partial charge is 0.460 e. The molecule has 178 valence electrons. The third kappa shape index (κ3) is 3.52. The van der Waals surface area contributed by atoms with Crippen molar-refractivity contribution >= 4 is 5.97 Å². The smallest absolute Gasteiger partial charge is 0.395 e. The maximum atomic E-state index is 14.1. The number of halogens is 17. The summed E-state index contributed by atoms with van der Waals surface area (Å²) in [5.74, 6) is -37.5. The summed E-state index contributed by atoms with van der Waals surface area (Å²) >= 11 is 0. The number of carbonyl (C=O) groups is 1. The molecule has 19 heteroatoms. The van der Waals surface area contributed by atoms with Crippen molar-refractivity contribution in [1.29, 1.82) is 0 Å². The first-order valence-corrected chi connectivity index (χ1v) is 6.27. The molecule has 0 bridgehead atoms. The van der Waals surface area contributed by atoms with E-state index in [1.165, 1.54) is 0 Å². The minimum Gasteiger partial charge on any atom is -0.395 e. The zero-order chi connectivity index (χ0) is 25.0. The lowest BCUT2D eigenvalue weighted by molar-refractivity contribution is -0.483. The van der Waals surface area contributed by atoms with Gasteiger partial charge in [0.2, 0.25) is 0 Å². The zero-order valence-corrected chi connectivity index (χ0v) is 13.0. The van der Waals surface area contributed by atoms with Gasteiger partial charge >= 0.3 is 53.8 Å². The molecule has 0 spiro atoms. The summed E-state index contributed by atoms with van der Waals surface area (Å²) in [4.78, 5) is 10.5. The standard InChI is InChI=1S/C11H3F17O2/c1-2-3(29)30-11(27,28)4(12,6(15,16)9(21,22)23)5(13,14)7(17,18)8(19,20)10(24,25)26/h2H,1H2. The molecule has 0 radical (unpaired) electrons. The molecule has 0 aromatic carbocycles. The second kappa shape index (κ2) is 7.03. The molecule has 2 nitrogen and oxygen atoms in total. The van der Waals surface area contributed by atoms with Gasteiger partial charge in [0.05, 0.1) is 0 Å². The summed E-state index contributed by atoms with van der Waals surface area (Å²) in [5.41, 5.74) is -8.73. The van der Waals surface area contributed by atoms with Crippen LogP contribution in [-0.4, -0.2) is 53.8 Å². The fraction of sp³-hybridized carbons (Fsp3) is 0.727. The van der Waals surface area contributed by atoms with Gasteiger partial charge in [-0.2, -0.15) is 70.2 Å². The van der Waals surface area contributed by atoms with E-state index in [4.69, 9.17) is 0 Å². The molecule has 1 atom stereocenters. The number of esters is 1. The molecule has 0 aromatic heterocycles. The van der Waals surface area contributed by atoms with Crippen LogP contribution >= 0.6 is 0 Å². The van der Waals surface area contributed by atoms with Crippen molar-refractivity contribution in [2.75, 3.05) is 0 Å². The Bertz CT molecular complexity index is 672. The molecular formula is C11H3F17O2. The minimum absolute atomic E-state index is 0.652. The fourth-order valence-corrected chi connectivity index (χ4v) is 1.59. The topological polar surface area (TPSA) is 26.3 Å². The van der Waals surface area contributed by atoms with Crippen molar-refractivity contribution in [2.45, 2.75) is 47.8 Å². The lowest BCUT2D eigenvalue weighted by Crippen LogP contribution is -2.79. The highest BCUT2D eigenvalue weighted by molar-refractivity contribution is 5.81. The van der Waals surface area contributed by atoms with E-state index in [9.17, 15) is 79.4 Å². The molecule has 0 rings (SSSR count). The van der Waals surface area contributed by atoms with Crippen LogP contribution in [0.4, 0.5) is 74.6 Å². The molecule has 0 N–H and O–H groups in total. The van der Waals surface area contributed by atoms with Gasteiger partial charge in [-0.15, -0.1) is 0 Å². The van der Waals surface area contributed by atoms with Gasteiger partial charge in [-0.1, -0.05) is 6.58 Å². The Labute approximate surface area is 152 Å². The molecule has 0 saturated heterocycles. The van der Waals surface area contributed by atoms with Crippen molar-refractivity contribution in [2.24, 2.45) is 0 Å². The van der Waals surface area contributed by atoms with Gasteiger partial charge in [0.1, 0.15) is 0 Å². The zero-order valence-electron chi connectivity index (χ0n) is 13.0. The third-order valence-corrected chi connectivity index (χ3v) is 3.16. The lowest BCUT2D eigenvalue weighted by Gasteiger charge is -2.45. The summed E-state index contributed by atoms with van der Waals surface area (Å²) in [6.07, 6.45) is -24.4. The average Bonchev–Trinajstić information content (AvgIpc) is 2.50. The third-order valence-electron chi connectivity index (χ3n) is 3.16. The Hall–Kier alpha value is -1.98. The first kappa shape index (κ1) is 28.0. The van der Waals surface area contributed by atoms with Crippen molar-refractivity contribution in [3.05, 3.63) is 12.7 Å². The number of rotatable bonds is 7. The first-order chi connectivity index (χ1) is 12.7. The molecule has 30 heavy (non-hydrogen) atoms. The highest BCUT2D eigenvalue weighted by atomic mass is 19.4. The highest BCUT2D eigenvalue weighted by Crippen LogP contribution is 2.65. The maximum absolute atomic E-state index is 14.1. The second-order valence-corrected chi connectivity index (χ2v) is 5.09. The van der Waals surface area contributed by atoms with Crippen LogP contribution in [0.2, 0.25) is 0 Å². The first-order valence-electron chi connectivity index (χ1n) is 6.27. The average molecular weight is 490 g/mol. The summed E-state index contributed by atoms with van der Waals surface area (Å²) < 4.78 is 221. The van der Waals surface area contributed by atoms with Gasteiger partial charge in [-0.25, -0.2) is 9.18 Å².